The second kappa shape index (κ2) is 8.54. The first-order valence-corrected chi connectivity index (χ1v) is 7.69. The van der Waals surface area contributed by atoms with Gasteiger partial charge in [-0.2, -0.15) is 0 Å². The summed E-state index contributed by atoms with van der Waals surface area (Å²) in [5, 5.41) is 3.44. The van der Waals surface area contributed by atoms with Crippen molar-refractivity contribution in [2.75, 3.05) is 26.2 Å². The topological polar surface area (TPSA) is 28.2 Å². The molecule has 2 aliphatic rings. The van der Waals surface area contributed by atoms with E-state index in [0.29, 0.717) is 6.04 Å². The van der Waals surface area contributed by atoms with Gasteiger partial charge in [-0.1, -0.05) is 18.9 Å². The Hall–Kier alpha value is 0.130. The van der Waals surface area contributed by atoms with E-state index in [2.05, 4.69) is 43.3 Å². The van der Waals surface area contributed by atoms with Gasteiger partial charge in [-0.25, -0.2) is 4.98 Å². The lowest BCUT2D eigenvalue weighted by atomic mass is 10.0. The van der Waals surface area contributed by atoms with Crippen molar-refractivity contribution >= 4 is 40.7 Å². The Bertz CT molecular complexity index is 409. The lowest BCUT2D eigenvalue weighted by Gasteiger charge is -2.35. The Morgan fingerprint density at radius 1 is 1.30 bits per heavy atom. The average Bonchev–Trinajstić information content (AvgIpc) is 3.22. The highest BCUT2D eigenvalue weighted by Crippen LogP contribution is 2.41. The number of pyridine rings is 1. The molecule has 2 fully saturated rings. The number of hydrogen-bond acceptors (Lipinski definition) is 3. The molecule has 114 valence electrons. The third kappa shape index (κ3) is 4.57. The Kier molecular flexibility index (Phi) is 7.77. The van der Waals surface area contributed by atoms with Crippen LogP contribution in [0.4, 0.5) is 0 Å². The molecule has 1 aromatic heterocycles. The SMILES string of the molecule is Brc1ncccc1[C@H](CC1CC1)N1CCNCC1.Cl.Cl. The van der Waals surface area contributed by atoms with Crippen LogP contribution in [0.2, 0.25) is 0 Å². The van der Waals surface area contributed by atoms with Gasteiger partial charge in [0.1, 0.15) is 4.60 Å². The summed E-state index contributed by atoms with van der Waals surface area (Å²) >= 11 is 3.62. The van der Waals surface area contributed by atoms with Crippen LogP contribution in [0.25, 0.3) is 0 Å². The van der Waals surface area contributed by atoms with Crippen LogP contribution in [0.5, 0.6) is 0 Å². The minimum Gasteiger partial charge on any atom is -0.314 e. The summed E-state index contributed by atoms with van der Waals surface area (Å²) in [7, 11) is 0. The highest BCUT2D eigenvalue weighted by atomic mass is 79.9. The van der Waals surface area contributed by atoms with Crippen molar-refractivity contribution in [3.05, 3.63) is 28.5 Å². The minimum absolute atomic E-state index is 0. The zero-order valence-corrected chi connectivity index (χ0v) is 14.6. The molecule has 0 amide bonds. The van der Waals surface area contributed by atoms with Gasteiger partial charge < -0.3 is 5.32 Å². The highest BCUT2D eigenvalue weighted by Gasteiger charge is 2.31. The number of piperazine rings is 1. The number of nitrogens with one attached hydrogen (secondary N) is 1. The van der Waals surface area contributed by atoms with Gasteiger partial charge in [-0.15, -0.1) is 24.8 Å². The Balaban J connectivity index is 0.000001000. The summed E-state index contributed by atoms with van der Waals surface area (Å²) in [5.41, 5.74) is 1.37. The van der Waals surface area contributed by atoms with E-state index in [9.17, 15) is 0 Å². The molecule has 0 unspecified atom stereocenters. The van der Waals surface area contributed by atoms with Crippen molar-refractivity contribution in [2.24, 2.45) is 5.92 Å². The molecule has 1 aliphatic carbocycles. The van der Waals surface area contributed by atoms with Crippen LogP contribution in [-0.2, 0) is 0 Å². The lowest BCUT2D eigenvalue weighted by Crippen LogP contribution is -2.45. The van der Waals surface area contributed by atoms with Crippen LogP contribution in [0.1, 0.15) is 30.9 Å². The molecule has 1 saturated heterocycles. The highest BCUT2D eigenvalue weighted by molar-refractivity contribution is 9.10. The summed E-state index contributed by atoms with van der Waals surface area (Å²) < 4.78 is 1.02. The Labute approximate surface area is 141 Å². The van der Waals surface area contributed by atoms with E-state index in [4.69, 9.17) is 0 Å². The quantitative estimate of drug-likeness (QED) is 0.808. The molecule has 1 atom stereocenters. The van der Waals surface area contributed by atoms with Crippen LogP contribution in [0.3, 0.4) is 0 Å². The van der Waals surface area contributed by atoms with Crippen molar-refractivity contribution in [2.45, 2.75) is 25.3 Å². The number of aromatic nitrogens is 1. The molecule has 0 spiro atoms. The molecule has 20 heavy (non-hydrogen) atoms. The van der Waals surface area contributed by atoms with Crippen molar-refractivity contribution < 1.29 is 0 Å². The van der Waals surface area contributed by atoms with Crippen LogP contribution in [-0.4, -0.2) is 36.1 Å². The van der Waals surface area contributed by atoms with E-state index in [0.717, 1.165) is 36.7 Å². The van der Waals surface area contributed by atoms with Crippen LogP contribution >= 0.6 is 40.7 Å². The first-order valence-electron chi connectivity index (χ1n) is 6.90. The van der Waals surface area contributed by atoms with Crippen molar-refractivity contribution in [3.63, 3.8) is 0 Å². The Morgan fingerprint density at radius 2 is 2.00 bits per heavy atom. The third-order valence-electron chi connectivity index (χ3n) is 3.99. The molecule has 1 saturated carbocycles. The van der Waals surface area contributed by atoms with Gasteiger partial charge >= 0.3 is 0 Å². The monoisotopic (exact) mass is 381 g/mol. The van der Waals surface area contributed by atoms with Crippen LogP contribution in [0, 0.1) is 5.92 Å². The molecule has 0 bridgehead atoms. The summed E-state index contributed by atoms with van der Waals surface area (Å²) in [4.78, 5) is 7.02. The number of nitrogens with zero attached hydrogens (tertiary/aromatic N) is 2. The number of halogens is 3. The maximum Gasteiger partial charge on any atom is 0.110 e. The zero-order valence-electron chi connectivity index (χ0n) is 11.4. The van der Waals surface area contributed by atoms with E-state index in [1.54, 1.807) is 0 Å². The average molecular weight is 383 g/mol. The van der Waals surface area contributed by atoms with Crippen molar-refractivity contribution in [3.8, 4) is 0 Å². The van der Waals surface area contributed by atoms with Gasteiger partial charge in [0.25, 0.3) is 0 Å². The van der Waals surface area contributed by atoms with Gasteiger partial charge in [0.05, 0.1) is 0 Å². The van der Waals surface area contributed by atoms with Gasteiger partial charge in [-0.3, -0.25) is 4.90 Å². The van der Waals surface area contributed by atoms with E-state index >= 15 is 0 Å². The molecule has 0 aromatic carbocycles. The summed E-state index contributed by atoms with van der Waals surface area (Å²) in [6, 6.07) is 4.83. The van der Waals surface area contributed by atoms with E-state index in [1.165, 1.54) is 24.8 Å². The molecular formula is C14H22BrCl2N3. The molecule has 3 nitrogen and oxygen atoms in total. The summed E-state index contributed by atoms with van der Waals surface area (Å²) in [6.07, 6.45) is 5.99. The molecule has 1 aliphatic heterocycles. The molecule has 3 rings (SSSR count). The first-order chi connectivity index (χ1) is 8.84. The predicted molar refractivity (Wildman–Crippen MR) is 91.0 cm³/mol. The van der Waals surface area contributed by atoms with Crippen molar-refractivity contribution in [1.82, 2.24) is 15.2 Å². The predicted octanol–water partition coefficient (Wildman–Crippen LogP) is 3.43. The van der Waals surface area contributed by atoms with Crippen LogP contribution in [0.15, 0.2) is 22.9 Å². The van der Waals surface area contributed by atoms with Crippen LogP contribution < -0.4 is 5.32 Å². The van der Waals surface area contributed by atoms with E-state index in [-0.39, 0.29) is 24.8 Å². The standard InChI is InChI=1S/C14H20BrN3.2ClH/c15-14-12(2-1-5-17-14)13(10-11-3-4-11)18-8-6-16-7-9-18;;/h1-2,5,11,13,16H,3-4,6-10H2;2*1H/t13-;;/m0../s1. The molecule has 2 heterocycles. The fraction of sp³-hybridized carbons (Fsp3) is 0.643. The fourth-order valence-electron chi connectivity index (χ4n) is 2.78. The maximum absolute atomic E-state index is 4.40. The first kappa shape index (κ1) is 18.2. The number of rotatable bonds is 4. The summed E-state index contributed by atoms with van der Waals surface area (Å²) in [6.45, 7) is 4.52. The minimum atomic E-state index is 0. The molecule has 0 radical (unpaired) electrons. The zero-order chi connectivity index (χ0) is 12.4. The second-order valence-corrected chi connectivity index (χ2v) is 6.12. The second-order valence-electron chi connectivity index (χ2n) is 5.36. The largest absolute Gasteiger partial charge is 0.314 e. The Morgan fingerprint density at radius 3 is 2.60 bits per heavy atom. The maximum atomic E-state index is 4.40. The normalized spacial score (nSPS) is 20.6. The van der Waals surface area contributed by atoms with E-state index < -0.39 is 0 Å². The van der Waals surface area contributed by atoms with Gasteiger partial charge in [0.2, 0.25) is 0 Å². The van der Waals surface area contributed by atoms with Gasteiger partial charge in [-0.05, 0) is 34.3 Å². The van der Waals surface area contributed by atoms with Crippen molar-refractivity contribution in [1.29, 1.82) is 0 Å². The third-order valence-corrected chi connectivity index (χ3v) is 4.66. The smallest absolute Gasteiger partial charge is 0.110 e. The number of hydrogen-bond donors (Lipinski definition) is 1. The fourth-order valence-corrected chi connectivity index (χ4v) is 3.30. The molecule has 1 N–H and O–H groups in total. The summed E-state index contributed by atoms with van der Waals surface area (Å²) in [5.74, 6) is 0.942. The van der Waals surface area contributed by atoms with Gasteiger partial charge in [0.15, 0.2) is 0 Å². The van der Waals surface area contributed by atoms with E-state index in [1.807, 2.05) is 6.20 Å². The lowest BCUT2D eigenvalue weighted by molar-refractivity contribution is 0.159. The van der Waals surface area contributed by atoms with Gasteiger partial charge in [0, 0.05) is 44.0 Å². The molecular weight excluding hydrogens is 361 g/mol. The molecule has 6 heteroatoms. The molecule has 1 aromatic rings.